The lowest BCUT2D eigenvalue weighted by molar-refractivity contribution is -0.156. The van der Waals surface area contributed by atoms with Gasteiger partial charge in [0, 0.05) is 41.2 Å². The van der Waals surface area contributed by atoms with Crippen molar-refractivity contribution in [2.75, 3.05) is 32.0 Å². The second kappa shape index (κ2) is 41.4. The van der Waals surface area contributed by atoms with Gasteiger partial charge in [-0.3, -0.25) is 91.1 Å². The van der Waals surface area contributed by atoms with Crippen LogP contribution in [0.4, 0.5) is 5.69 Å². The van der Waals surface area contributed by atoms with Crippen LogP contribution >= 0.6 is 0 Å². The highest BCUT2D eigenvalue weighted by Crippen LogP contribution is 2.21. The number of carboxylic acid groups (broad SMARTS) is 4. The number of rotatable bonds is 28. The number of cyclic esters (lactones) is 1. The highest BCUT2D eigenvalue weighted by atomic mass is 16.5. The number of carbonyl (C=O) groups excluding carboxylic acids is 16. The van der Waals surface area contributed by atoms with E-state index in [1.54, 1.807) is 24.3 Å². The fourth-order valence-corrected chi connectivity index (χ4v) is 10.3. The third-order valence-electron chi connectivity index (χ3n) is 15.8. The average molecular weight is 1490 g/mol. The molecule has 106 heavy (non-hydrogen) atoms. The molecule has 1 aliphatic rings. The molecule has 43 heteroatoms. The summed E-state index contributed by atoms with van der Waals surface area (Å²) in [6.07, 6.45) is -8.21. The summed E-state index contributed by atoms with van der Waals surface area (Å²) >= 11 is 0. The maximum absolute atomic E-state index is 14.7. The summed E-state index contributed by atoms with van der Waals surface area (Å²) in [6, 6.07) is -10.7. The second-order valence-corrected chi connectivity index (χ2v) is 24.1. The van der Waals surface area contributed by atoms with Crippen molar-refractivity contribution in [2.24, 2.45) is 17.4 Å². The van der Waals surface area contributed by atoms with Gasteiger partial charge in [-0.25, -0.2) is 4.79 Å². The van der Waals surface area contributed by atoms with E-state index in [1.807, 2.05) is 21.3 Å². The Balaban J connectivity index is 1.87. The summed E-state index contributed by atoms with van der Waals surface area (Å²) in [6.45, 7) is -0.979. The van der Waals surface area contributed by atoms with Crippen LogP contribution in [0.25, 0.3) is 10.9 Å². The van der Waals surface area contributed by atoms with E-state index in [1.165, 1.54) is 30.5 Å². The van der Waals surface area contributed by atoms with Crippen LogP contribution in [0.1, 0.15) is 88.1 Å². The molecule has 2 heterocycles. The number of amides is 14. The fourth-order valence-electron chi connectivity index (χ4n) is 10.3. The third-order valence-corrected chi connectivity index (χ3v) is 15.8. The van der Waals surface area contributed by atoms with Crippen molar-refractivity contribution in [1.82, 2.24) is 74.1 Å². The first-order valence-corrected chi connectivity index (χ1v) is 32.3. The molecular formula is C63H83N17O26. The van der Waals surface area contributed by atoms with Crippen molar-refractivity contribution < 1.29 is 126 Å². The van der Waals surface area contributed by atoms with Gasteiger partial charge >= 0.3 is 29.8 Å². The number of nitrogen functional groups attached to an aromatic ring is 1. The summed E-state index contributed by atoms with van der Waals surface area (Å²) in [4.78, 5) is 271. The van der Waals surface area contributed by atoms with Gasteiger partial charge in [0.15, 0.2) is 5.78 Å². The number of aromatic amines is 1. The van der Waals surface area contributed by atoms with E-state index >= 15 is 0 Å². The monoisotopic (exact) mass is 1490 g/mol. The van der Waals surface area contributed by atoms with Crippen molar-refractivity contribution in [2.45, 2.75) is 151 Å². The molecule has 3 aromatic rings. The van der Waals surface area contributed by atoms with Crippen molar-refractivity contribution in [3.63, 3.8) is 0 Å². The Labute approximate surface area is 600 Å². The van der Waals surface area contributed by atoms with Gasteiger partial charge < -0.3 is 122 Å². The molecule has 25 N–H and O–H groups in total. The first-order valence-electron chi connectivity index (χ1n) is 32.3. The number of anilines is 1. The highest BCUT2D eigenvalue weighted by molar-refractivity contribution is 6.05. The molecule has 0 saturated carbocycles. The Hall–Kier alpha value is -12.7. The molecular weight excluding hydrogens is 1410 g/mol. The largest absolute Gasteiger partial charge is 0.481 e. The first kappa shape index (κ1) is 85.7. The summed E-state index contributed by atoms with van der Waals surface area (Å²) in [5, 5.41) is 77.5. The van der Waals surface area contributed by atoms with E-state index in [-0.39, 0.29) is 37.0 Å². The molecule has 0 radical (unpaired) electrons. The summed E-state index contributed by atoms with van der Waals surface area (Å²) in [5.74, 6) is -29.3. The maximum atomic E-state index is 14.7. The van der Waals surface area contributed by atoms with Crippen molar-refractivity contribution in [3.8, 4) is 0 Å². The van der Waals surface area contributed by atoms with E-state index in [0.29, 0.717) is 16.5 Å². The molecule has 2 aromatic carbocycles. The van der Waals surface area contributed by atoms with Crippen molar-refractivity contribution in [1.29, 1.82) is 0 Å². The topological polar surface area (TPSA) is 702 Å². The first-order chi connectivity index (χ1) is 50.0. The lowest BCUT2D eigenvalue weighted by Gasteiger charge is -2.30. The highest BCUT2D eigenvalue weighted by Gasteiger charge is 2.41. The molecule has 576 valence electrons. The minimum Gasteiger partial charge on any atom is -0.481 e. The Morgan fingerprint density at radius 2 is 1.13 bits per heavy atom. The molecule has 4 rings (SSSR count). The predicted octanol–water partition coefficient (Wildman–Crippen LogP) is -9.13. The van der Waals surface area contributed by atoms with Gasteiger partial charge in [0.25, 0.3) is 0 Å². The normalized spacial score (nSPS) is 22.0. The number of nitrogens with two attached hydrogens (primary N) is 3. The number of aromatic nitrogens is 1. The third kappa shape index (κ3) is 27.2. The number of nitrogens with one attached hydrogen (secondary N) is 14. The number of H-pyrrole nitrogens is 1. The minimum atomic E-state index is -2.44. The molecule has 0 spiro atoms. The van der Waals surface area contributed by atoms with Crippen molar-refractivity contribution >= 4 is 135 Å². The van der Waals surface area contributed by atoms with Gasteiger partial charge in [-0.2, -0.15) is 0 Å². The summed E-state index contributed by atoms with van der Waals surface area (Å²) < 4.78 is 5.63. The number of aliphatic hydroxyl groups excluding tert-OH is 1. The number of para-hydroxylation sites is 2. The van der Waals surface area contributed by atoms with Crippen LogP contribution in [-0.4, -0.2) is 248 Å². The molecule has 1 saturated heterocycles. The molecule has 11 unspecified atom stereocenters. The number of carboxylic acids is 4. The zero-order chi connectivity index (χ0) is 79.2. The Kier molecular flexibility index (Phi) is 33.5. The number of ether oxygens (including phenoxy) is 1. The molecule has 14 amide bonds. The zero-order valence-corrected chi connectivity index (χ0v) is 57.0. The number of hydrogen-bond acceptors (Lipinski definition) is 24. The molecule has 43 nitrogen and oxygen atoms in total. The molecule has 1 fully saturated rings. The number of fused-ring (bicyclic) bond motifs is 1. The second-order valence-electron chi connectivity index (χ2n) is 24.1. The van der Waals surface area contributed by atoms with Crippen LogP contribution in [0, 0.1) is 5.92 Å². The van der Waals surface area contributed by atoms with Gasteiger partial charge in [-0.15, -0.1) is 0 Å². The van der Waals surface area contributed by atoms with Crippen LogP contribution in [0.2, 0.25) is 0 Å². The van der Waals surface area contributed by atoms with Crippen LogP contribution < -0.4 is 86.3 Å². The number of aliphatic hydroxyl groups is 1. The van der Waals surface area contributed by atoms with Crippen molar-refractivity contribution in [3.05, 3.63) is 65.9 Å². The number of ketones is 1. The number of benzene rings is 2. The van der Waals surface area contributed by atoms with Crippen LogP contribution in [0.5, 0.6) is 0 Å². The van der Waals surface area contributed by atoms with Crippen LogP contribution in [0.3, 0.4) is 0 Å². The Morgan fingerprint density at radius 3 is 1.72 bits per heavy atom. The Morgan fingerprint density at radius 1 is 0.594 bits per heavy atom. The molecule has 1 aliphatic heterocycles. The number of Topliss-reactive ketones (excluding diaryl/α,β-unsaturated/α-hetero) is 1. The number of aliphatic carboxylic acids is 4. The average Bonchev–Trinajstić information content (AvgIpc) is 1.45. The standard InChI is InChI=1S/C63H83N17O26/c1-27(15-47(87)88)51-62(104)78-41(17-43(83)32-10-4-6-11-33(32)65)63(105)106-29(3)52(80-59(101)40(21-50(93)94)77-58(100)37(18-44(66)84)75-56(98)36(70-26-82)16-30-22-67-34-12-7-5-9-31(30)34)61(103)69-24-45(85)72-35(13-8-14-64)55(97)76-39(20-49(91)92)57(99)71-28(2)53(95)74-38(19-48(89)90)54(96)68-23-46(86)73-42(25-81)60(102)79-51/h4-7,9-12,22,26-29,35-42,51-52,67,81H,8,13-21,23-25,64-65H2,1-3H3,(H2,66,84)(H,68,96)(H,69,103)(H,70,82)(H,71,99)(H,72,85)(H,73,86)(H,74,95)(H,75,98)(H,76,97)(H,77,100)(H,78,104)(H,79,102)(H,80,101)(H,87,88)(H,89,90)(H,91,92)(H,93,94)/t27-,28?,29?,35?,36+,37?,38?,39?,40?,41?,42?,51?,52?/m0/s1. The lowest BCUT2D eigenvalue weighted by Crippen LogP contribution is -2.61. The van der Waals surface area contributed by atoms with E-state index in [4.69, 9.17) is 21.9 Å². The smallest absolute Gasteiger partial charge is 0.329 e. The van der Waals surface area contributed by atoms with E-state index in [9.17, 15) is 121 Å². The number of hydrogen-bond donors (Lipinski definition) is 22. The maximum Gasteiger partial charge on any atom is 0.329 e. The van der Waals surface area contributed by atoms with Crippen LogP contribution in [0.15, 0.2) is 54.7 Å². The minimum absolute atomic E-state index is 0.0938. The molecule has 13 atom stereocenters. The van der Waals surface area contributed by atoms with Gasteiger partial charge in [0.1, 0.15) is 72.6 Å². The predicted molar refractivity (Wildman–Crippen MR) is 359 cm³/mol. The van der Waals surface area contributed by atoms with E-state index in [0.717, 1.165) is 20.8 Å². The Bertz CT molecular complexity index is 3830. The van der Waals surface area contributed by atoms with E-state index < -0.39 is 256 Å². The quantitative estimate of drug-likeness (QED) is 0.0139. The zero-order valence-electron chi connectivity index (χ0n) is 57.0. The lowest BCUT2D eigenvalue weighted by atomic mass is 9.96. The number of carbonyl (C=O) groups is 20. The molecule has 0 bridgehead atoms. The van der Waals surface area contributed by atoms with Gasteiger partial charge in [-0.1, -0.05) is 37.3 Å². The molecule has 1 aromatic heterocycles. The summed E-state index contributed by atoms with van der Waals surface area (Å²) in [7, 11) is 0. The van der Waals surface area contributed by atoms with E-state index in [2.05, 4.69) is 52.8 Å². The number of primary amides is 1. The van der Waals surface area contributed by atoms with Gasteiger partial charge in [0.2, 0.25) is 83.2 Å². The van der Waals surface area contributed by atoms with Gasteiger partial charge in [0.05, 0.1) is 51.8 Å². The van der Waals surface area contributed by atoms with Gasteiger partial charge in [-0.05, 0) is 62.9 Å². The SMILES string of the molecule is CC1NC(=O)C(CC(=O)O)NC(=O)C(CCCN)NC(=O)CNC(=O)C(NC(=O)C(CC(=O)O)NC(=O)C(CC(N)=O)NC(=O)[C@@H](Cc2c[nH]c3ccccc23)NC=O)C(C)OC(=O)C(CC(=O)c2ccccc2N)NC(=O)C([C@@H](C)CC(=O)O)NC(=O)C(CO)NC(=O)CNC(=O)C(CC(=O)O)NC1=O. The summed E-state index contributed by atoms with van der Waals surface area (Å²) in [5.41, 5.74) is 17.8. The van der Waals surface area contributed by atoms with Crippen LogP contribution in [-0.2, 0) is 102 Å². The fraction of sp³-hybridized carbons (Fsp3) is 0.460. The number of esters is 1. The molecule has 0 aliphatic carbocycles.